The molecule has 0 aliphatic carbocycles. The van der Waals surface area contributed by atoms with Crippen LogP contribution in [0.1, 0.15) is 5.56 Å². The van der Waals surface area contributed by atoms with Crippen LogP contribution in [0.2, 0.25) is 5.02 Å². The fourth-order valence-corrected chi connectivity index (χ4v) is 4.23. The fourth-order valence-electron chi connectivity index (χ4n) is 2.21. The Kier molecular flexibility index (Phi) is 5.22. The molecule has 0 aliphatic rings. The van der Waals surface area contributed by atoms with Gasteiger partial charge < -0.3 is 5.32 Å². The van der Waals surface area contributed by atoms with Crippen molar-refractivity contribution in [2.75, 3.05) is 11.1 Å². The number of nitrogens with one attached hydrogen (secondary N) is 1. The molecule has 25 heavy (non-hydrogen) atoms. The Balaban J connectivity index is 1.70. The minimum Gasteiger partial charge on any atom is -0.319 e. The maximum Gasteiger partial charge on any atom is 0.293 e. The number of amides is 1. The summed E-state index contributed by atoms with van der Waals surface area (Å²) in [4.78, 5) is 27.2. The van der Waals surface area contributed by atoms with E-state index in [-0.39, 0.29) is 23.0 Å². The highest BCUT2D eigenvalue weighted by Crippen LogP contribution is 2.32. The van der Waals surface area contributed by atoms with Gasteiger partial charge in [-0.1, -0.05) is 35.5 Å². The van der Waals surface area contributed by atoms with Gasteiger partial charge in [0.2, 0.25) is 5.91 Å². The SMILES string of the molecule is Cc1cccc([N+](=O)[O-])c1NC(=O)CSc1nc2cc(Cl)ccc2s1. The van der Waals surface area contributed by atoms with Gasteiger partial charge in [0.15, 0.2) is 4.34 Å². The number of carbonyl (C=O) groups excluding carboxylic acids is 1. The van der Waals surface area contributed by atoms with Gasteiger partial charge in [-0.15, -0.1) is 11.3 Å². The molecule has 0 saturated heterocycles. The highest BCUT2D eigenvalue weighted by atomic mass is 35.5. The maximum absolute atomic E-state index is 12.2. The van der Waals surface area contributed by atoms with Crippen molar-refractivity contribution >= 4 is 62.2 Å². The standard InChI is InChI=1S/C16H12ClN3O3S2/c1-9-3-2-4-12(20(22)23)15(9)19-14(21)8-24-16-18-11-7-10(17)5-6-13(11)25-16/h2-7H,8H2,1H3,(H,19,21). The summed E-state index contributed by atoms with van der Waals surface area (Å²) in [5, 5.41) is 14.3. The van der Waals surface area contributed by atoms with E-state index >= 15 is 0 Å². The number of aryl methyl sites for hydroxylation is 1. The van der Waals surface area contributed by atoms with Crippen molar-refractivity contribution < 1.29 is 9.72 Å². The molecular formula is C16H12ClN3O3S2. The van der Waals surface area contributed by atoms with Crippen LogP contribution >= 0.6 is 34.7 Å². The topological polar surface area (TPSA) is 85.1 Å². The van der Waals surface area contributed by atoms with Crippen molar-refractivity contribution in [1.29, 1.82) is 0 Å². The lowest BCUT2D eigenvalue weighted by Crippen LogP contribution is -2.16. The number of nitro groups is 1. The molecule has 0 bridgehead atoms. The summed E-state index contributed by atoms with van der Waals surface area (Å²) in [5.74, 6) is -0.210. The number of benzene rings is 2. The highest BCUT2D eigenvalue weighted by molar-refractivity contribution is 8.01. The largest absolute Gasteiger partial charge is 0.319 e. The normalized spacial score (nSPS) is 10.8. The van der Waals surface area contributed by atoms with Crippen LogP contribution in [0.25, 0.3) is 10.2 Å². The van der Waals surface area contributed by atoms with E-state index in [9.17, 15) is 14.9 Å². The average molecular weight is 394 g/mol. The van der Waals surface area contributed by atoms with E-state index in [1.165, 1.54) is 29.2 Å². The number of nitrogens with zero attached hydrogens (tertiary/aromatic N) is 2. The summed E-state index contributed by atoms with van der Waals surface area (Å²) in [6, 6.07) is 10.1. The van der Waals surface area contributed by atoms with Gasteiger partial charge in [-0.05, 0) is 30.7 Å². The average Bonchev–Trinajstić information content (AvgIpc) is 2.96. The minimum atomic E-state index is -0.507. The molecule has 0 radical (unpaired) electrons. The number of nitro benzene ring substituents is 1. The van der Waals surface area contributed by atoms with E-state index < -0.39 is 4.92 Å². The van der Waals surface area contributed by atoms with Crippen LogP contribution in [-0.4, -0.2) is 21.6 Å². The summed E-state index contributed by atoms with van der Waals surface area (Å²) in [6.45, 7) is 1.72. The van der Waals surface area contributed by atoms with E-state index in [0.717, 1.165) is 14.6 Å². The molecule has 2 aromatic carbocycles. The number of thiazole rings is 1. The zero-order chi connectivity index (χ0) is 18.0. The number of thioether (sulfide) groups is 1. The van der Waals surface area contributed by atoms with Crippen molar-refractivity contribution in [2.45, 2.75) is 11.3 Å². The second-order valence-corrected chi connectivity index (χ2v) is 7.84. The number of carbonyl (C=O) groups is 1. The number of aromatic nitrogens is 1. The molecule has 0 atom stereocenters. The second-order valence-electron chi connectivity index (χ2n) is 5.15. The highest BCUT2D eigenvalue weighted by Gasteiger charge is 2.18. The smallest absolute Gasteiger partial charge is 0.293 e. The zero-order valence-electron chi connectivity index (χ0n) is 13.0. The van der Waals surface area contributed by atoms with Crippen LogP contribution in [0.15, 0.2) is 40.7 Å². The third kappa shape index (κ3) is 4.09. The molecule has 1 aromatic heterocycles. The third-order valence-electron chi connectivity index (χ3n) is 3.37. The molecule has 1 amide bonds. The number of fused-ring (bicyclic) bond motifs is 1. The summed E-state index contributed by atoms with van der Waals surface area (Å²) in [7, 11) is 0. The molecule has 1 heterocycles. The predicted octanol–water partition coefficient (Wildman–Crippen LogP) is 4.90. The molecule has 0 fully saturated rings. The first kappa shape index (κ1) is 17.7. The van der Waals surface area contributed by atoms with Crippen LogP contribution in [0.5, 0.6) is 0 Å². The van der Waals surface area contributed by atoms with Crippen LogP contribution in [0.4, 0.5) is 11.4 Å². The van der Waals surface area contributed by atoms with Crippen molar-refractivity contribution in [3.05, 3.63) is 57.1 Å². The van der Waals surface area contributed by atoms with E-state index in [2.05, 4.69) is 10.3 Å². The number of hydrogen-bond donors (Lipinski definition) is 1. The van der Waals surface area contributed by atoms with Gasteiger partial charge >= 0.3 is 0 Å². The number of halogens is 1. The van der Waals surface area contributed by atoms with Crippen LogP contribution in [0, 0.1) is 17.0 Å². The van der Waals surface area contributed by atoms with Gasteiger partial charge in [0.25, 0.3) is 5.69 Å². The van der Waals surface area contributed by atoms with Gasteiger partial charge in [0.1, 0.15) is 5.69 Å². The Bertz CT molecular complexity index is 974. The molecular weight excluding hydrogens is 382 g/mol. The number of hydrogen-bond acceptors (Lipinski definition) is 6. The molecule has 1 N–H and O–H groups in total. The molecule has 0 unspecified atom stereocenters. The summed E-state index contributed by atoms with van der Waals surface area (Å²) in [6.07, 6.45) is 0. The lowest BCUT2D eigenvalue weighted by molar-refractivity contribution is -0.384. The fraction of sp³-hybridized carbons (Fsp3) is 0.125. The monoisotopic (exact) mass is 393 g/mol. The van der Waals surface area contributed by atoms with Gasteiger partial charge in [-0.2, -0.15) is 0 Å². The third-order valence-corrected chi connectivity index (χ3v) is 5.78. The Labute approximate surface area is 156 Å². The summed E-state index contributed by atoms with van der Waals surface area (Å²) < 4.78 is 1.73. The molecule has 9 heteroatoms. The van der Waals surface area contributed by atoms with Crippen LogP contribution in [-0.2, 0) is 4.79 Å². The maximum atomic E-state index is 12.2. The lowest BCUT2D eigenvalue weighted by Gasteiger charge is -2.08. The van der Waals surface area contributed by atoms with Gasteiger partial charge in [-0.25, -0.2) is 4.98 Å². The first-order valence-corrected chi connectivity index (χ1v) is 9.35. The van der Waals surface area contributed by atoms with Crippen molar-refractivity contribution in [3.63, 3.8) is 0 Å². The van der Waals surface area contributed by atoms with E-state index in [1.807, 2.05) is 6.07 Å². The summed E-state index contributed by atoms with van der Waals surface area (Å²) >= 11 is 8.69. The molecule has 3 rings (SSSR count). The van der Waals surface area contributed by atoms with Crippen LogP contribution < -0.4 is 5.32 Å². The van der Waals surface area contributed by atoms with Crippen molar-refractivity contribution in [2.24, 2.45) is 0 Å². The summed E-state index contributed by atoms with van der Waals surface area (Å²) in [5.41, 5.74) is 1.54. The van der Waals surface area contributed by atoms with Crippen molar-refractivity contribution in [3.8, 4) is 0 Å². The molecule has 0 spiro atoms. The first-order valence-electron chi connectivity index (χ1n) is 7.17. The van der Waals surface area contributed by atoms with Gasteiger partial charge in [0.05, 0.1) is 20.9 Å². The molecule has 6 nitrogen and oxygen atoms in total. The quantitative estimate of drug-likeness (QED) is 0.378. The predicted molar refractivity (Wildman–Crippen MR) is 102 cm³/mol. The van der Waals surface area contributed by atoms with Gasteiger partial charge in [0, 0.05) is 11.1 Å². The lowest BCUT2D eigenvalue weighted by atomic mass is 10.1. The molecule has 0 saturated carbocycles. The van der Waals surface area contributed by atoms with Crippen LogP contribution in [0.3, 0.4) is 0 Å². The van der Waals surface area contributed by atoms with E-state index in [0.29, 0.717) is 10.6 Å². The zero-order valence-corrected chi connectivity index (χ0v) is 15.4. The Morgan fingerprint density at radius 2 is 2.20 bits per heavy atom. The van der Waals surface area contributed by atoms with Gasteiger partial charge in [-0.3, -0.25) is 14.9 Å². The van der Waals surface area contributed by atoms with E-state index in [1.54, 1.807) is 31.2 Å². The Hall–Kier alpha value is -2.16. The molecule has 3 aromatic rings. The number of rotatable bonds is 5. The Morgan fingerprint density at radius 1 is 1.40 bits per heavy atom. The second kappa shape index (κ2) is 7.38. The minimum absolute atomic E-state index is 0.110. The van der Waals surface area contributed by atoms with E-state index in [4.69, 9.17) is 11.6 Å². The molecule has 0 aliphatic heterocycles. The van der Waals surface area contributed by atoms with Crippen molar-refractivity contribution in [1.82, 2.24) is 4.98 Å². The number of para-hydroxylation sites is 1. The number of anilines is 1. The Morgan fingerprint density at radius 3 is 2.96 bits per heavy atom. The molecule has 128 valence electrons. The first-order chi connectivity index (χ1) is 11.9.